The number of nitrogens with zero attached hydrogens (tertiary/aromatic N) is 2. The molecule has 1 aliphatic heterocycles. The molecular formula is C25H21FN2O5S. The lowest BCUT2D eigenvalue weighted by molar-refractivity contribution is -0.132. The smallest absolute Gasteiger partial charge is 0.350 e. The van der Waals surface area contributed by atoms with Crippen molar-refractivity contribution < 1.29 is 28.6 Å². The van der Waals surface area contributed by atoms with E-state index in [1.165, 1.54) is 19.2 Å². The van der Waals surface area contributed by atoms with Crippen LogP contribution in [0.15, 0.2) is 48.0 Å². The van der Waals surface area contributed by atoms with Crippen LogP contribution in [0, 0.1) is 26.6 Å². The number of aromatic nitrogens is 1. The minimum Gasteiger partial charge on any atom is -0.507 e. The van der Waals surface area contributed by atoms with Crippen LogP contribution in [-0.2, 0) is 14.3 Å². The third-order valence-corrected chi connectivity index (χ3v) is 6.78. The van der Waals surface area contributed by atoms with E-state index in [9.17, 15) is 23.9 Å². The van der Waals surface area contributed by atoms with Gasteiger partial charge in [0, 0.05) is 5.56 Å². The number of methoxy groups -OCH3 is 1. The van der Waals surface area contributed by atoms with E-state index in [1.807, 2.05) is 19.1 Å². The van der Waals surface area contributed by atoms with Crippen LogP contribution in [0.5, 0.6) is 0 Å². The maximum atomic E-state index is 14.2. The largest absolute Gasteiger partial charge is 0.507 e. The zero-order valence-corrected chi connectivity index (χ0v) is 19.7. The Balaban J connectivity index is 1.94. The second-order valence-electron chi connectivity index (χ2n) is 7.95. The van der Waals surface area contributed by atoms with Crippen molar-refractivity contribution in [2.75, 3.05) is 12.0 Å². The molecule has 7 nitrogen and oxygen atoms in total. The van der Waals surface area contributed by atoms with Gasteiger partial charge in [-0.15, -0.1) is 0 Å². The molecule has 1 unspecified atom stereocenters. The number of halogens is 1. The van der Waals surface area contributed by atoms with Crippen molar-refractivity contribution >= 4 is 39.9 Å². The Bertz CT molecular complexity index is 1360. The molecule has 2 heterocycles. The first-order valence-electron chi connectivity index (χ1n) is 10.3. The summed E-state index contributed by atoms with van der Waals surface area (Å²) in [5, 5.41) is 11.2. The fourth-order valence-electron chi connectivity index (χ4n) is 3.76. The summed E-state index contributed by atoms with van der Waals surface area (Å²) in [6.45, 7) is 5.06. The van der Waals surface area contributed by atoms with Gasteiger partial charge in [-0.3, -0.25) is 14.5 Å². The number of carbonyl (C=O) groups excluding carboxylic acids is 3. The number of carbonyl (C=O) groups is 3. The van der Waals surface area contributed by atoms with Crippen LogP contribution in [0.25, 0.3) is 5.76 Å². The molecule has 1 N–H and O–H groups in total. The van der Waals surface area contributed by atoms with Gasteiger partial charge in [0.2, 0.25) is 0 Å². The molecule has 0 saturated carbocycles. The number of hydrogen-bond donors (Lipinski definition) is 1. The van der Waals surface area contributed by atoms with E-state index in [2.05, 4.69) is 4.98 Å². The standard InChI is InChI=1S/C25H21FN2O5S/c1-12-5-8-15(9-6-12)19-18(20(29)16-10-7-13(2)17(26)11-16)21(30)23(31)28(19)25-27-14(3)22(34-25)24(32)33-4/h5-11,19,29H,1-4H3/b20-18+. The van der Waals surface area contributed by atoms with E-state index in [0.717, 1.165) is 27.9 Å². The molecule has 174 valence electrons. The van der Waals surface area contributed by atoms with Crippen LogP contribution in [0.4, 0.5) is 9.52 Å². The lowest BCUT2D eigenvalue weighted by atomic mass is 9.94. The fraction of sp³-hybridized carbons (Fsp3) is 0.200. The van der Waals surface area contributed by atoms with Gasteiger partial charge in [0.05, 0.1) is 24.4 Å². The maximum absolute atomic E-state index is 14.2. The normalized spacial score (nSPS) is 17.3. The summed E-state index contributed by atoms with van der Waals surface area (Å²) in [6.07, 6.45) is 0. The molecule has 3 aromatic rings. The highest BCUT2D eigenvalue weighted by Gasteiger charge is 2.48. The van der Waals surface area contributed by atoms with Crippen LogP contribution >= 0.6 is 11.3 Å². The summed E-state index contributed by atoms with van der Waals surface area (Å²) in [5.74, 6) is -3.50. The minimum absolute atomic E-state index is 0.0729. The molecule has 0 radical (unpaired) electrons. The van der Waals surface area contributed by atoms with Crippen LogP contribution in [0.2, 0.25) is 0 Å². The van der Waals surface area contributed by atoms with E-state index < -0.39 is 35.3 Å². The third-order valence-electron chi connectivity index (χ3n) is 5.64. The second-order valence-corrected chi connectivity index (χ2v) is 8.92. The first-order valence-corrected chi connectivity index (χ1v) is 11.2. The lowest BCUT2D eigenvalue weighted by Crippen LogP contribution is -2.29. The van der Waals surface area contributed by atoms with Gasteiger partial charge in [0.25, 0.3) is 5.78 Å². The number of aryl methyl sites for hydroxylation is 3. The number of esters is 1. The Hall–Kier alpha value is -3.85. The zero-order valence-electron chi connectivity index (χ0n) is 18.9. The summed E-state index contributed by atoms with van der Waals surface area (Å²) >= 11 is 0.914. The van der Waals surface area contributed by atoms with Crippen molar-refractivity contribution in [3.8, 4) is 0 Å². The van der Waals surface area contributed by atoms with Gasteiger partial charge >= 0.3 is 11.9 Å². The average Bonchev–Trinajstić information content (AvgIpc) is 3.32. The van der Waals surface area contributed by atoms with Crippen LogP contribution in [0.1, 0.15) is 43.7 Å². The van der Waals surface area contributed by atoms with Gasteiger partial charge < -0.3 is 9.84 Å². The van der Waals surface area contributed by atoms with E-state index in [-0.39, 0.29) is 21.1 Å². The molecule has 2 aromatic carbocycles. The van der Waals surface area contributed by atoms with E-state index in [1.54, 1.807) is 26.0 Å². The number of hydrogen-bond acceptors (Lipinski definition) is 7. The SMILES string of the molecule is COC(=O)c1sc(N2C(=O)C(=O)/C(=C(/O)c3ccc(C)c(F)c3)C2c2ccc(C)cc2)nc1C. The van der Waals surface area contributed by atoms with Crippen LogP contribution in [-0.4, -0.2) is 34.9 Å². The van der Waals surface area contributed by atoms with Crippen molar-refractivity contribution in [3.05, 3.63) is 86.7 Å². The van der Waals surface area contributed by atoms with Crippen molar-refractivity contribution in [2.24, 2.45) is 0 Å². The third kappa shape index (κ3) is 3.88. The molecular weight excluding hydrogens is 459 g/mol. The summed E-state index contributed by atoms with van der Waals surface area (Å²) < 4.78 is 19.0. The Labute approximate surface area is 199 Å². The van der Waals surface area contributed by atoms with Crippen molar-refractivity contribution in [3.63, 3.8) is 0 Å². The number of rotatable bonds is 4. The number of thiazole rings is 1. The maximum Gasteiger partial charge on any atom is 0.350 e. The quantitative estimate of drug-likeness (QED) is 0.253. The first-order chi connectivity index (χ1) is 16.1. The van der Waals surface area contributed by atoms with E-state index in [4.69, 9.17) is 4.74 Å². The van der Waals surface area contributed by atoms with Gasteiger partial charge in [0.15, 0.2) is 5.13 Å². The van der Waals surface area contributed by atoms with Gasteiger partial charge in [-0.2, -0.15) is 0 Å². The van der Waals surface area contributed by atoms with E-state index in [0.29, 0.717) is 16.8 Å². The number of Topliss-reactive ketones (excluding diaryl/α,β-unsaturated/α-hetero) is 1. The van der Waals surface area contributed by atoms with Crippen molar-refractivity contribution in [1.29, 1.82) is 0 Å². The molecule has 1 amide bonds. The molecule has 1 saturated heterocycles. The fourth-order valence-corrected chi connectivity index (χ4v) is 4.77. The molecule has 0 spiro atoms. The van der Waals surface area contributed by atoms with E-state index >= 15 is 0 Å². The Morgan fingerprint density at radius 1 is 1.12 bits per heavy atom. The van der Waals surface area contributed by atoms with Gasteiger partial charge in [0.1, 0.15) is 16.5 Å². The predicted octanol–water partition coefficient (Wildman–Crippen LogP) is 4.62. The summed E-state index contributed by atoms with van der Waals surface area (Å²) in [4.78, 5) is 44.2. The van der Waals surface area contributed by atoms with Gasteiger partial charge in [-0.1, -0.05) is 53.3 Å². The molecule has 9 heteroatoms. The molecule has 1 fully saturated rings. The molecule has 34 heavy (non-hydrogen) atoms. The topological polar surface area (TPSA) is 96.8 Å². The number of ketones is 1. The monoisotopic (exact) mass is 480 g/mol. The number of anilines is 1. The van der Waals surface area contributed by atoms with Gasteiger partial charge in [-0.05, 0) is 38.0 Å². The second kappa shape index (κ2) is 8.83. The highest BCUT2D eigenvalue weighted by Crippen LogP contribution is 2.44. The summed E-state index contributed by atoms with van der Waals surface area (Å²) in [7, 11) is 1.24. The molecule has 0 bridgehead atoms. The predicted molar refractivity (Wildman–Crippen MR) is 125 cm³/mol. The Kier molecular flexibility index (Phi) is 6.05. The lowest BCUT2D eigenvalue weighted by Gasteiger charge is -2.23. The zero-order chi connectivity index (χ0) is 24.7. The van der Waals surface area contributed by atoms with Crippen molar-refractivity contribution in [1.82, 2.24) is 4.98 Å². The van der Waals surface area contributed by atoms with Crippen molar-refractivity contribution in [2.45, 2.75) is 26.8 Å². The number of ether oxygens (including phenoxy) is 1. The number of aliphatic hydroxyl groups excluding tert-OH is 1. The van der Waals surface area contributed by atoms with Gasteiger partial charge in [-0.25, -0.2) is 14.2 Å². The Morgan fingerprint density at radius 2 is 1.79 bits per heavy atom. The molecule has 0 aliphatic carbocycles. The molecule has 4 rings (SSSR count). The molecule has 1 atom stereocenters. The Morgan fingerprint density at radius 3 is 2.41 bits per heavy atom. The minimum atomic E-state index is -1.03. The summed E-state index contributed by atoms with van der Waals surface area (Å²) in [5.41, 5.74) is 2.11. The number of aliphatic hydroxyl groups is 1. The van der Waals surface area contributed by atoms with Crippen LogP contribution in [0.3, 0.4) is 0 Å². The number of amides is 1. The van der Waals surface area contributed by atoms with Crippen LogP contribution < -0.4 is 4.90 Å². The average molecular weight is 481 g/mol. The highest BCUT2D eigenvalue weighted by atomic mass is 32.1. The molecule has 1 aromatic heterocycles. The summed E-state index contributed by atoms with van der Waals surface area (Å²) in [6, 6.07) is 10.2. The first kappa shape index (κ1) is 23.3. The number of benzene rings is 2. The highest BCUT2D eigenvalue weighted by molar-refractivity contribution is 7.17. The molecule has 1 aliphatic rings.